The molecule has 0 spiro atoms. The molecule has 1 aromatic carbocycles. The fourth-order valence-electron chi connectivity index (χ4n) is 1.43. The molecular weight excluding hydrogens is 290 g/mol. The van der Waals surface area contributed by atoms with E-state index in [1.54, 1.807) is 12.1 Å². The first-order chi connectivity index (χ1) is 7.99. The number of ether oxygens (including phenoxy) is 2. The van der Waals surface area contributed by atoms with E-state index in [0.717, 1.165) is 5.56 Å². The average Bonchev–Trinajstić information content (AvgIpc) is 2.27. The van der Waals surface area contributed by atoms with Crippen LogP contribution in [-0.4, -0.2) is 31.3 Å². The van der Waals surface area contributed by atoms with Crippen molar-refractivity contribution in [3.8, 4) is 11.5 Å². The number of aliphatic carboxylic acids is 1. The first-order valence-corrected chi connectivity index (χ1v) is 5.67. The predicted octanol–water partition coefficient (Wildman–Crippen LogP) is 1.42. The number of rotatable bonds is 5. The number of carboxylic acid groups (broad SMARTS) is 1. The molecule has 94 valence electrons. The van der Waals surface area contributed by atoms with Crippen LogP contribution in [0.5, 0.6) is 11.5 Å². The number of benzene rings is 1. The molecule has 0 heterocycles. The maximum Gasteiger partial charge on any atom is 0.320 e. The van der Waals surface area contributed by atoms with Crippen LogP contribution in [0, 0.1) is 0 Å². The molecule has 0 saturated carbocycles. The van der Waals surface area contributed by atoms with E-state index in [0.29, 0.717) is 16.0 Å². The van der Waals surface area contributed by atoms with Gasteiger partial charge in [-0.25, -0.2) is 0 Å². The van der Waals surface area contributed by atoms with Gasteiger partial charge in [0.05, 0.1) is 18.7 Å². The van der Waals surface area contributed by atoms with Gasteiger partial charge in [0.25, 0.3) is 0 Å². The molecule has 5 nitrogen and oxygen atoms in total. The second kappa shape index (κ2) is 5.88. The summed E-state index contributed by atoms with van der Waals surface area (Å²) in [6, 6.07) is 2.55. The fraction of sp³-hybridized carbons (Fsp3) is 0.364. The van der Waals surface area contributed by atoms with Crippen LogP contribution in [0.3, 0.4) is 0 Å². The Morgan fingerprint density at radius 2 is 2.12 bits per heavy atom. The van der Waals surface area contributed by atoms with Crippen molar-refractivity contribution in [2.24, 2.45) is 5.73 Å². The molecule has 1 rings (SSSR count). The Hall–Kier alpha value is -1.27. The smallest absolute Gasteiger partial charge is 0.320 e. The number of carboxylic acids is 1. The zero-order valence-electron chi connectivity index (χ0n) is 9.57. The molecule has 0 aliphatic carbocycles. The van der Waals surface area contributed by atoms with Gasteiger partial charge in [0.15, 0.2) is 11.5 Å². The van der Waals surface area contributed by atoms with E-state index in [9.17, 15) is 4.79 Å². The van der Waals surface area contributed by atoms with Crippen molar-refractivity contribution in [2.45, 2.75) is 12.5 Å². The van der Waals surface area contributed by atoms with Gasteiger partial charge in [-0.2, -0.15) is 0 Å². The van der Waals surface area contributed by atoms with E-state index < -0.39 is 12.0 Å². The summed E-state index contributed by atoms with van der Waals surface area (Å²) < 4.78 is 11.0. The lowest BCUT2D eigenvalue weighted by Crippen LogP contribution is -2.32. The molecule has 0 aliphatic heterocycles. The molecule has 3 N–H and O–H groups in total. The maximum absolute atomic E-state index is 10.7. The van der Waals surface area contributed by atoms with E-state index in [-0.39, 0.29) is 6.42 Å². The van der Waals surface area contributed by atoms with Gasteiger partial charge in [-0.3, -0.25) is 4.79 Å². The van der Waals surface area contributed by atoms with Crippen LogP contribution < -0.4 is 15.2 Å². The Balaban J connectivity index is 3.03. The van der Waals surface area contributed by atoms with Gasteiger partial charge in [0.1, 0.15) is 6.04 Å². The summed E-state index contributed by atoms with van der Waals surface area (Å²) in [7, 11) is 3.05. The van der Waals surface area contributed by atoms with Crippen LogP contribution in [0.1, 0.15) is 5.56 Å². The molecule has 0 bridgehead atoms. The molecule has 1 atom stereocenters. The lowest BCUT2D eigenvalue weighted by atomic mass is 10.1. The Labute approximate surface area is 108 Å². The van der Waals surface area contributed by atoms with E-state index in [4.69, 9.17) is 20.3 Å². The maximum atomic E-state index is 10.7. The number of hydrogen-bond acceptors (Lipinski definition) is 4. The molecule has 1 unspecified atom stereocenters. The first kappa shape index (κ1) is 13.8. The van der Waals surface area contributed by atoms with Crippen LogP contribution in [0.15, 0.2) is 16.6 Å². The zero-order valence-corrected chi connectivity index (χ0v) is 11.2. The van der Waals surface area contributed by atoms with Gasteiger partial charge in [-0.15, -0.1) is 0 Å². The highest BCUT2D eigenvalue weighted by molar-refractivity contribution is 9.10. The zero-order chi connectivity index (χ0) is 13.0. The van der Waals surface area contributed by atoms with Gasteiger partial charge < -0.3 is 20.3 Å². The molecular formula is C11H14BrNO4. The topological polar surface area (TPSA) is 81.8 Å². The third-order valence-electron chi connectivity index (χ3n) is 2.27. The van der Waals surface area contributed by atoms with Gasteiger partial charge in [0, 0.05) is 0 Å². The Kier molecular flexibility index (Phi) is 4.77. The van der Waals surface area contributed by atoms with Crippen molar-refractivity contribution < 1.29 is 19.4 Å². The van der Waals surface area contributed by atoms with Gasteiger partial charge >= 0.3 is 5.97 Å². The third-order valence-corrected chi connectivity index (χ3v) is 2.86. The number of methoxy groups -OCH3 is 2. The standard InChI is InChI=1S/C11H14BrNO4/c1-16-9-5-6(4-8(13)11(14)15)3-7(12)10(9)17-2/h3,5,8H,4,13H2,1-2H3,(H,14,15). The summed E-state index contributed by atoms with van der Waals surface area (Å²) in [6.07, 6.45) is 0.230. The van der Waals surface area contributed by atoms with Crippen LogP contribution in [0.25, 0.3) is 0 Å². The molecule has 6 heteroatoms. The van der Waals surface area contributed by atoms with Crippen molar-refractivity contribution in [3.05, 3.63) is 22.2 Å². The normalized spacial score (nSPS) is 12.0. The molecule has 17 heavy (non-hydrogen) atoms. The number of hydrogen-bond donors (Lipinski definition) is 2. The lowest BCUT2D eigenvalue weighted by Gasteiger charge is -2.13. The minimum atomic E-state index is -1.03. The summed E-state index contributed by atoms with van der Waals surface area (Å²) in [5.74, 6) is 0.0746. The van der Waals surface area contributed by atoms with Gasteiger partial charge in [0.2, 0.25) is 0 Å². The number of halogens is 1. The Morgan fingerprint density at radius 1 is 1.47 bits per heavy atom. The predicted molar refractivity (Wildman–Crippen MR) is 66.6 cm³/mol. The van der Waals surface area contributed by atoms with Gasteiger partial charge in [-0.05, 0) is 40.0 Å². The van der Waals surface area contributed by atoms with Crippen LogP contribution in [0.2, 0.25) is 0 Å². The van der Waals surface area contributed by atoms with Crippen molar-refractivity contribution in [1.82, 2.24) is 0 Å². The van der Waals surface area contributed by atoms with Gasteiger partial charge in [-0.1, -0.05) is 0 Å². The highest BCUT2D eigenvalue weighted by atomic mass is 79.9. The molecule has 0 amide bonds. The second-order valence-corrected chi connectivity index (χ2v) is 4.32. The van der Waals surface area contributed by atoms with E-state index >= 15 is 0 Å². The van der Waals surface area contributed by atoms with Crippen molar-refractivity contribution in [2.75, 3.05) is 14.2 Å². The van der Waals surface area contributed by atoms with E-state index in [1.165, 1.54) is 14.2 Å². The number of carbonyl (C=O) groups is 1. The highest BCUT2D eigenvalue weighted by Crippen LogP contribution is 2.36. The largest absolute Gasteiger partial charge is 0.493 e. The van der Waals surface area contributed by atoms with Crippen LogP contribution >= 0.6 is 15.9 Å². The van der Waals surface area contributed by atoms with E-state index in [1.807, 2.05) is 0 Å². The van der Waals surface area contributed by atoms with Crippen LogP contribution in [-0.2, 0) is 11.2 Å². The summed E-state index contributed by atoms with van der Waals surface area (Å²) >= 11 is 3.33. The SMILES string of the molecule is COc1cc(CC(N)C(=O)O)cc(Br)c1OC. The Morgan fingerprint density at radius 3 is 2.59 bits per heavy atom. The minimum absolute atomic E-state index is 0.230. The summed E-state index contributed by atoms with van der Waals surface area (Å²) in [5.41, 5.74) is 6.24. The number of nitrogens with two attached hydrogens (primary N) is 1. The lowest BCUT2D eigenvalue weighted by molar-refractivity contribution is -0.138. The van der Waals surface area contributed by atoms with E-state index in [2.05, 4.69) is 15.9 Å². The van der Waals surface area contributed by atoms with Crippen molar-refractivity contribution >= 4 is 21.9 Å². The molecule has 0 fully saturated rings. The monoisotopic (exact) mass is 303 g/mol. The Bertz CT molecular complexity index is 422. The average molecular weight is 304 g/mol. The fourth-order valence-corrected chi connectivity index (χ4v) is 2.08. The highest BCUT2D eigenvalue weighted by Gasteiger charge is 2.16. The molecule has 0 aromatic heterocycles. The summed E-state index contributed by atoms with van der Waals surface area (Å²) in [4.78, 5) is 10.7. The first-order valence-electron chi connectivity index (χ1n) is 4.88. The van der Waals surface area contributed by atoms with Crippen LogP contribution in [0.4, 0.5) is 0 Å². The molecule has 0 radical (unpaired) electrons. The molecule has 1 aromatic rings. The quantitative estimate of drug-likeness (QED) is 0.860. The van der Waals surface area contributed by atoms with Crippen molar-refractivity contribution in [3.63, 3.8) is 0 Å². The summed E-state index contributed by atoms with van der Waals surface area (Å²) in [6.45, 7) is 0. The third kappa shape index (κ3) is 3.34. The van der Waals surface area contributed by atoms with Crippen molar-refractivity contribution in [1.29, 1.82) is 0 Å². The molecule has 0 saturated heterocycles. The molecule has 0 aliphatic rings. The summed E-state index contributed by atoms with van der Waals surface area (Å²) in [5, 5.41) is 8.75. The second-order valence-electron chi connectivity index (χ2n) is 3.46. The minimum Gasteiger partial charge on any atom is -0.493 e.